The van der Waals surface area contributed by atoms with E-state index in [-0.39, 0.29) is 5.97 Å². The summed E-state index contributed by atoms with van der Waals surface area (Å²) in [5, 5.41) is 0. The normalized spacial score (nSPS) is 11.6. The maximum absolute atomic E-state index is 11.2. The molecule has 0 aliphatic rings. The summed E-state index contributed by atoms with van der Waals surface area (Å²) in [7, 11) is -2.59. The van der Waals surface area contributed by atoms with E-state index in [1.807, 2.05) is 20.8 Å². The van der Waals surface area contributed by atoms with Crippen molar-refractivity contribution in [3.63, 3.8) is 0 Å². The molecule has 7 heteroatoms. The summed E-state index contributed by atoms with van der Waals surface area (Å²) in [5.41, 5.74) is 0. The Morgan fingerprint density at radius 3 is 2.00 bits per heavy atom. The van der Waals surface area contributed by atoms with Crippen molar-refractivity contribution < 1.29 is 22.8 Å². The van der Waals surface area contributed by atoms with Crippen LogP contribution in [0, 0.1) is 0 Å². The first kappa shape index (κ1) is 18.9. The van der Waals surface area contributed by atoms with Gasteiger partial charge in [-0.15, -0.1) is 0 Å². The summed E-state index contributed by atoms with van der Waals surface area (Å²) < 4.78 is 22.2. The van der Waals surface area contributed by atoms with Crippen molar-refractivity contribution in [1.29, 1.82) is 0 Å². The van der Waals surface area contributed by atoms with E-state index < -0.39 is 8.80 Å². The Bertz CT molecular complexity index is 223. The monoisotopic (exact) mass is 310 g/mol. The lowest BCUT2D eigenvalue weighted by atomic mass is 10.5. The summed E-state index contributed by atoms with van der Waals surface area (Å²) in [5.74, 6) is 0.292. The Morgan fingerprint density at radius 2 is 1.58 bits per heavy atom. The van der Waals surface area contributed by atoms with Crippen LogP contribution in [0.4, 0.5) is 0 Å². The summed E-state index contributed by atoms with van der Waals surface area (Å²) in [6.07, 6.45) is 1.03. The number of thiol groups is 1. The average molecular weight is 310 g/mol. The quantitative estimate of drug-likeness (QED) is 0.259. The van der Waals surface area contributed by atoms with Crippen LogP contribution in [-0.4, -0.2) is 47.0 Å². The van der Waals surface area contributed by atoms with Crippen LogP contribution in [0.5, 0.6) is 0 Å². The van der Waals surface area contributed by atoms with Crippen molar-refractivity contribution in [3.05, 3.63) is 0 Å². The van der Waals surface area contributed by atoms with E-state index in [2.05, 4.69) is 12.6 Å². The molecule has 0 saturated heterocycles. The highest BCUT2D eigenvalue weighted by Gasteiger charge is 2.39. The van der Waals surface area contributed by atoms with E-state index >= 15 is 0 Å². The van der Waals surface area contributed by atoms with Gasteiger partial charge in [0.1, 0.15) is 0 Å². The second-order valence-corrected chi connectivity index (χ2v) is 6.96. The highest BCUT2D eigenvalue weighted by Crippen LogP contribution is 2.18. The molecule has 114 valence electrons. The van der Waals surface area contributed by atoms with E-state index in [1.165, 1.54) is 0 Å². The molecule has 0 unspecified atom stereocenters. The van der Waals surface area contributed by atoms with Crippen molar-refractivity contribution in [2.45, 2.75) is 39.7 Å². The third-order valence-corrected chi connectivity index (χ3v) is 5.67. The van der Waals surface area contributed by atoms with Gasteiger partial charge in [-0.3, -0.25) is 4.79 Å². The van der Waals surface area contributed by atoms with Gasteiger partial charge in [-0.2, -0.15) is 12.6 Å². The number of rotatable bonds is 12. The molecule has 0 spiro atoms. The van der Waals surface area contributed by atoms with Crippen LogP contribution in [-0.2, 0) is 22.8 Å². The van der Waals surface area contributed by atoms with Gasteiger partial charge in [0.25, 0.3) is 0 Å². The number of carbonyl (C=O) groups excluding carboxylic acids is 1. The SMILES string of the molecule is CCO[Si](CCCOC(=O)CCS)(OCC)OCC. The van der Waals surface area contributed by atoms with Gasteiger partial charge in [0, 0.05) is 31.6 Å². The van der Waals surface area contributed by atoms with E-state index in [0.717, 1.165) is 0 Å². The van der Waals surface area contributed by atoms with Crippen LogP contribution in [0.3, 0.4) is 0 Å². The molecule has 0 aromatic heterocycles. The van der Waals surface area contributed by atoms with Crippen molar-refractivity contribution >= 4 is 27.4 Å². The molecule has 0 aliphatic heterocycles. The van der Waals surface area contributed by atoms with Gasteiger partial charge < -0.3 is 18.0 Å². The molecule has 0 aromatic carbocycles. The minimum atomic E-state index is -2.59. The maximum Gasteiger partial charge on any atom is 0.501 e. The Labute approximate surface area is 122 Å². The molecule has 0 radical (unpaired) electrons. The number of carbonyl (C=O) groups is 1. The van der Waals surface area contributed by atoms with Crippen LogP contribution in [0.25, 0.3) is 0 Å². The first-order chi connectivity index (χ1) is 9.14. The molecule has 0 amide bonds. The summed E-state index contributed by atoms with van der Waals surface area (Å²) in [6.45, 7) is 7.82. The molecule has 0 saturated carbocycles. The number of esters is 1. The number of hydrogen-bond acceptors (Lipinski definition) is 6. The summed E-state index contributed by atoms with van der Waals surface area (Å²) in [6, 6.07) is 0.663. The van der Waals surface area contributed by atoms with Crippen molar-refractivity contribution in [2.75, 3.05) is 32.2 Å². The first-order valence-electron chi connectivity index (χ1n) is 6.82. The molecule has 0 rings (SSSR count). The summed E-state index contributed by atoms with van der Waals surface area (Å²) in [4.78, 5) is 11.2. The molecule has 0 N–H and O–H groups in total. The third kappa shape index (κ3) is 8.64. The third-order valence-electron chi connectivity index (χ3n) is 2.30. The lowest BCUT2D eigenvalue weighted by Gasteiger charge is -2.28. The van der Waals surface area contributed by atoms with E-state index in [0.29, 0.717) is 51.1 Å². The highest BCUT2D eigenvalue weighted by molar-refractivity contribution is 7.80. The minimum Gasteiger partial charge on any atom is -0.466 e. The molecule has 0 atom stereocenters. The molecular weight excluding hydrogens is 284 g/mol. The van der Waals surface area contributed by atoms with Crippen molar-refractivity contribution in [3.8, 4) is 0 Å². The lowest BCUT2D eigenvalue weighted by molar-refractivity contribution is -0.143. The zero-order valence-electron chi connectivity index (χ0n) is 12.1. The largest absolute Gasteiger partial charge is 0.501 e. The molecule has 5 nitrogen and oxygen atoms in total. The van der Waals surface area contributed by atoms with Crippen molar-refractivity contribution in [1.82, 2.24) is 0 Å². The fourth-order valence-electron chi connectivity index (χ4n) is 1.64. The van der Waals surface area contributed by atoms with Gasteiger partial charge in [0.15, 0.2) is 0 Å². The zero-order valence-corrected chi connectivity index (χ0v) is 14.0. The van der Waals surface area contributed by atoms with Gasteiger partial charge in [-0.25, -0.2) is 0 Å². The first-order valence-corrected chi connectivity index (χ1v) is 9.38. The smallest absolute Gasteiger partial charge is 0.466 e. The molecule has 0 heterocycles. The van der Waals surface area contributed by atoms with Crippen LogP contribution < -0.4 is 0 Å². The highest BCUT2D eigenvalue weighted by atomic mass is 32.1. The minimum absolute atomic E-state index is 0.216. The van der Waals surface area contributed by atoms with Gasteiger partial charge in [-0.05, 0) is 27.2 Å². The molecule has 0 aliphatic carbocycles. The van der Waals surface area contributed by atoms with Gasteiger partial charge in [0.2, 0.25) is 0 Å². The number of ether oxygens (including phenoxy) is 1. The van der Waals surface area contributed by atoms with Gasteiger partial charge in [-0.1, -0.05) is 0 Å². The maximum atomic E-state index is 11.2. The molecule has 0 aromatic rings. The molecule has 0 bridgehead atoms. The predicted octanol–water partition coefficient (Wildman–Crippen LogP) is 2.29. The van der Waals surface area contributed by atoms with Crippen LogP contribution in [0.1, 0.15) is 33.6 Å². The Hall–Kier alpha value is -0.0831. The summed E-state index contributed by atoms with van der Waals surface area (Å²) >= 11 is 3.98. The number of hydrogen-bond donors (Lipinski definition) is 1. The van der Waals surface area contributed by atoms with Gasteiger partial charge >= 0.3 is 14.8 Å². The Kier molecular flexibility index (Phi) is 11.7. The van der Waals surface area contributed by atoms with Crippen LogP contribution in [0.15, 0.2) is 0 Å². The molecular formula is C12H26O5SSi. The second-order valence-electron chi connectivity index (χ2n) is 3.78. The van der Waals surface area contributed by atoms with E-state index in [1.54, 1.807) is 0 Å². The van der Waals surface area contributed by atoms with Gasteiger partial charge in [0.05, 0.1) is 13.0 Å². The lowest BCUT2D eigenvalue weighted by Crippen LogP contribution is -2.46. The van der Waals surface area contributed by atoms with E-state index in [4.69, 9.17) is 18.0 Å². The molecule has 19 heavy (non-hydrogen) atoms. The average Bonchev–Trinajstić information content (AvgIpc) is 2.36. The zero-order chi connectivity index (χ0) is 14.6. The van der Waals surface area contributed by atoms with Crippen LogP contribution >= 0.6 is 12.6 Å². The van der Waals surface area contributed by atoms with Crippen LogP contribution in [0.2, 0.25) is 6.04 Å². The Morgan fingerprint density at radius 1 is 1.05 bits per heavy atom. The standard InChI is InChI=1S/C12H26O5SSi/c1-4-15-19(16-5-2,17-6-3)11-7-9-14-12(13)8-10-18/h18H,4-11H2,1-3H3. The fourth-order valence-corrected chi connectivity index (χ4v) is 4.40. The molecule has 0 fully saturated rings. The Balaban J connectivity index is 4.13. The topological polar surface area (TPSA) is 54.0 Å². The second kappa shape index (κ2) is 11.7. The fraction of sp³-hybridized carbons (Fsp3) is 0.917. The van der Waals surface area contributed by atoms with Crippen molar-refractivity contribution in [2.24, 2.45) is 0 Å². The van der Waals surface area contributed by atoms with E-state index in [9.17, 15) is 4.79 Å². The predicted molar refractivity (Wildman–Crippen MR) is 79.5 cm³/mol.